The zero-order valence-electron chi connectivity index (χ0n) is 9.21. The summed E-state index contributed by atoms with van der Waals surface area (Å²) in [6.45, 7) is 4.02. The van der Waals surface area contributed by atoms with E-state index in [0.29, 0.717) is 25.5 Å². The van der Waals surface area contributed by atoms with E-state index in [-0.39, 0.29) is 5.91 Å². The van der Waals surface area contributed by atoms with Gasteiger partial charge in [-0.3, -0.25) is 4.79 Å². The number of nitrogens with one attached hydrogen (secondary N) is 1. The molecular weight excluding hydrogens is 180 g/mol. The highest BCUT2D eigenvalue weighted by molar-refractivity contribution is 5.75. The third-order valence-corrected chi connectivity index (χ3v) is 2.27. The molecule has 84 valence electrons. The van der Waals surface area contributed by atoms with Crippen LogP contribution in [0.2, 0.25) is 0 Å². The predicted octanol–water partition coefficient (Wildman–Crippen LogP) is 0.514. The summed E-state index contributed by atoms with van der Waals surface area (Å²) in [6, 6.07) is 0. The van der Waals surface area contributed by atoms with Crippen LogP contribution in [0.4, 0.5) is 0 Å². The molecule has 4 nitrogen and oxygen atoms in total. The second-order valence-corrected chi connectivity index (χ2v) is 3.40. The van der Waals surface area contributed by atoms with Gasteiger partial charge in [-0.1, -0.05) is 13.3 Å². The Morgan fingerprint density at radius 3 is 2.79 bits per heavy atom. The summed E-state index contributed by atoms with van der Waals surface area (Å²) in [7, 11) is 1.59. The summed E-state index contributed by atoms with van der Waals surface area (Å²) in [5, 5.41) is 2.88. The largest absolute Gasteiger partial charge is 0.384 e. The Bertz CT molecular complexity index is 151. The number of carbonyl (C=O) groups excluding carboxylic acids is 1. The van der Waals surface area contributed by atoms with Gasteiger partial charge in [0, 0.05) is 20.1 Å². The highest BCUT2D eigenvalue weighted by atomic mass is 16.5. The van der Waals surface area contributed by atoms with Crippen LogP contribution in [0.3, 0.4) is 0 Å². The van der Waals surface area contributed by atoms with Crippen LogP contribution in [0.25, 0.3) is 0 Å². The van der Waals surface area contributed by atoms with Gasteiger partial charge in [-0.15, -0.1) is 0 Å². The molecular formula is C10H22N2O2. The van der Waals surface area contributed by atoms with E-state index in [0.717, 1.165) is 19.4 Å². The summed E-state index contributed by atoms with van der Waals surface area (Å²) < 4.78 is 4.81. The Kier molecular flexibility index (Phi) is 8.57. The fraction of sp³-hybridized carbons (Fsp3) is 0.900. The molecule has 3 N–H and O–H groups in total. The maximum absolute atomic E-state index is 11.2. The lowest BCUT2D eigenvalue weighted by molar-refractivity contribution is -0.122. The minimum Gasteiger partial charge on any atom is -0.384 e. The van der Waals surface area contributed by atoms with Gasteiger partial charge >= 0.3 is 0 Å². The highest BCUT2D eigenvalue weighted by Crippen LogP contribution is 2.04. The van der Waals surface area contributed by atoms with Gasteiger partial charge in [-0.2, -0.15) is 0 Å². The van der Waals surface area contributed by atoms with Gasteiger partial charge in [-0.25, -0.2) is 0 Å². The third kappa shape index (κ3) is 6.86. The van der Waals surface area contributed by atoms with Crippen molar-refractivity contribution in [2.45, 2.75) is 26.2 Å². The van der Waals surface area contributed by atoms with Crippen LogP contribution in [-0.4, -0.2) is 32.7 Å². The topological polar surface area (TPSA) is 64.3 Å². The lowest BCUT2D eigenvalue weighted by atomic mass is 10.0. The molecule has 0 aromatic rings. The Morgan fingerprint density at radius 2 is 2.29 bits per heavy atom. The number of ether oxygens (including phenoxy) is 1. The maximum atomic E-state index is 11.2. The van der Waals surface area contributed by atoms with Gasteiger partial charge in [0.1, 0.15) is 0 Å². The van der Waals surface area contributed by atoms with Crippen molar-refractivity contribution in [2.75, 3.05) is 26.8 Å². The number of hydrogen-bond acceptors (Lipinski definition) is 3. The Balaban J connectivity index is 3.52. The Morgan fingerprint density at radius 1 is 1.57 bits per heavy atom. The van der Waals surface area contributed by atoms with Crippen molar-refractivity contribution in [2.24, 2.45) is 11.7 Å². The first-order valence-corrected chi connectivity index (χ1v) is 5.20. The Labute approximate surface area is 86.2 Å². The van der Waals surface area contributed by atoms with Gasteiger partial charge in [0.05, 0.1) is 6.61 Å². The summed E-state index contributed by atoms with van der Waals surface area (Å²) >= 11 is 0. The lowest BCUT2D eigenvalue weighted by Crippen LogP contribution is -2.30. The average molecular weight is 202 g/mol. The average Bonchev–Trinajstić information content (AvgIpc) is 2.21. The smallest absolute Gasteiger partial charge is 0.222 e. The van der Waals surface area contributed by atoms with Gasteiger partial charge < -0.3 is 15.8 Å². The van der Waals surface area contributed by atoms with Crippen molar-refractivity contribution >= 4 is 5.91 Å². The predicted molar refractivity (Wildman–Crippen MR) is 57.0 cm³/mol. The summed E-state index contributed by atoms with van der Waals surface area (Å²) in [5.74, 6) is 0.564. The fourth-order valence-electron chi connectivity index (χ4n) is 1.23. The molecule has 14 heavy (non-hydrogen) atoms. The fourth-order valence-corrected chi connectivity index (χ4v) is 1.23. The van der Waals surface area contributed by atoms with Gasteiger partial charge in [0.25, 0.3) is 0 Å². The Hall–Kier alpha value is -0.610. The minimum absolute atomic E-state index is 0.0577. The first kappa shape index (κ1) is 13.4. The molecule has 0 fully saturated rings. The molecule has 0 bridgehead atoms. The molecule has 0 saturated carbocycles. The van der Waals surface area contributed by atoms with Crippen molar-refractivity contribution in [1.29, 1.82) is 0 Å². The molecule has 0 heterocycles. The van der Waals surface area contributed by atoms with Crippen molar-refractivity contribution in [3.05, 3.63) is 0 Å². The van der Waals surface area contributed by atoms with E-state index in [1.165, 1.54) is 0 Å². The highest BCUT2D eigenvalue weighted by Gasteiger charge is 2.07. The monoisotopic (exact) mass is 202 g/mol. The molecule has 1 amide bonds. The molecule has 0 radical (unpaired) electrons. The number of methoxy groups -OCH3 is 1. The van der Waals surface area contributed by atoms with Crippen LogP contribution >= 0.6 is 0 Å². The summed E-state index contributed by atoms with van der Waals surface area (Å²) in [5.41, 5.74) is 5.46. The zero-order valence-corrected chi connectivity index (χ0v) is 9.21. The van der Waals surface area contributed by atoms with Crippen LogP contribution in [0.5, 0.6) is 0 Å². The van der Waals surface area contributed by atoms with E-state index in [9.17, 15) is 4.79 Å². The van der Waals surface area contributed by atoms with Crippen LogP contribution in [0.1, 0.15) is 26.2 Å². The van der Waals surface area contributed by atoms with Crippen molar-refractivity contribution < 1.29 is 9.53 Å². The first-order chi connectivity index (χ1) is 6.74. The number of hydrogen-bond donors (Lipinski definition) is 2. The third-order valence-electron chi connectivity index (χ3n) is 2.27. The zero-order chi connectivity index (χ0) is 10.8. The second-order valence-electron chi connectivity index (χ2n) is 3.40. The van der Waals surface area contributed by atoms with Crippen LogP contribution in [-0.2, 0) is 9.53 Å². The number of rotatable bonds is 8. The van der Waals surface area contributed by atoms with Crippen LogP contribution in [0.15, 0.2) is 0 Å². The van der Waals surface area contributed by atoms with E-state index in [1.807, 2.05) is 0 Å². The molecule has 1 unspecified atom stereocenters. The summed E-state index contributed by atoms with van der Waals surface area (Å²) in [6.07, 6.45) is 2.47. The number of nitrogens with two attached hydrogens (primary N) is 1. The van der Waals surface area contributed by atoms with Crippen molar-refractivity contribution in [1.82, 2.24) is 5.32 Å². The minimum atomic E-state index is 0.0577. The molecule has 4 heteroatoms. The van der Waals surface area contributed by atoms with Crippen LogP contribution < -0.4 is 11.1 Å². The van der Waals surface area contributed by atoms with Gasteiger partial charge in [0.2, 0.25) is 5.91 Å². The number of amides is 1. The maximum Gasteiger partial charge on any atom is 0.222 e. The normalized spacial score (nSPS) is 12.5. The summed E-state index contributed by atoms with van der Waals surface area (Å²) in [4.78, 5) is 11.2. The molecule has 0 saturated heterocycles. The van der Waals surface area contributed by atoms with Gasteiger partial charge in [-0.05, 0) is 18.9 Å². The van der Waals surface area contributed by atoms with E-state index in [2.05, 4.69) is 12.2 Å². The van der Waals surface area contributed by atoms with Crippen LogP contribution in [0, 0.1) is 5.92 Å². The molecule has 0 aliphatic heterocycles. The van der Waals surface area contributed by atoms with Gasteiger partial charge in [0.15, 0.2) is 0 Å². The molecule has 0 aromatic heterocycles. The van der Waals surface area contributed by atoms with E-state index >= 15 is 0 Å². The molecule has 0 rings (SSSR count). The van der Waals surface area contributed by atoms with E-state index in [4.69, 9.17) is 10.5 Å². The first-order valence-electron chi connectivity index (χ1n) is 5.20. The van der Waals surface area contributed by atoms with E-state index < -0.39 is 0 Å². The molecule has 0 spiro atoms. The van der Waals surface area contributed by atoms with Crippen molar-refractivity contribution in [3.8, 4) is 0 Å². The lowest BCUT2D eigenvalue weighted by Gasteiger charge is -2.14. The quantitative estimate of drug-likeness (QED) is 0.603. The second kappa shape index (κ2) is 8.97. The standard InChI is InChI=1S/C10H22N2O2/c1-3-9(4-6-11)8-12-10(13)5-7-14-2/h9H,3-8,11H2,1-2H3,(H,12,13). The molecule has 1 atom stereocenters. The van der Waals surface area contributed by atoms with Crippen molar-refractivity contribution in [3.63, 3.8) is 0 Å². The number of carbonyl (C=O) groups is 1. The molecule has 0 aromatic carbocycles. The molecule has 0 aliphatic carbocycles. The SMILES string of the molecule is CCC(CCN)CNC(=O)CCOC. The molecule has 0 aliphatic rings. The van der Waals surface area contributed by atoms with E-state index in [1.54, 1.807) is 7.11 Å².